The molecule has 0 radical (unpaired) electrons. The van der Waals surface area contributed by atoms with Gasteiger partial charge in [-0.15, -0.1) is 35.1 Å². The molecule has 1 heterocycles. The Hall–Kier alpha value is 0.140. The summed E-state index contributed by atoms with van der Waals surface area (Å²) in [6.45, 7) is 0. The van der Waals surface area contributed by atoms with E-state index in [9.17, 15) is 4.39 Å². The van der Waals surface area contributed by atoms with E-state index < -0.39 is 0 Å². The first-order valence-electron chi connectivity index (χ1n) is 5.39. The third-order valence-electron chi connectivity index (χ3n) is 2.54. The van der Waals surface area contributed by atoms with E-state index >= 15 is 0 Å². The van der Waals surface area contributed by atoms with Gasteiger partial charge in [0.25, 0.3) is 0 Å². The normalized spacial score (nSPS) is 19.6. The van der Waals surface area contributed by atoms with Crippen LogP contribution in [-0.4, -0.2) is 16.1 Å². The van der Waals surface area contributed by atoms with Gasteiger partial charge in [0.1, 0.15) is 5.82 Å². The van der Waals surface area contributed by atoms with Crippen LogP contribution in [0.2, 0.25) is 0 Å². The van der Waals surface area contributed by atoms with Crippen molar-refractivity contribution in [3.8, 4) is 0 Å². The van der Waals surface area contributed by atoms with Crippen LogP contribution in [0.1, 0.15) is 23.8 Å². The fourth-order valence-corrected chi connectivity index (χ4v) is 5.21. The second kappa shape index (κ2) is 6.18. The first kappa shape index (κ1) is 12.6. The number of hydrogen-bond donors (Lipinski definition) is 0. The van der Waals surface area contributed by atoms with Crippen molar-refractivity contribution in [3.05, 3.63) is 35.6 Å². The Kier molecular flexibility index (Phi) is 4.86. The van der Waals surface area contributed by atoms with Crippen LogP contribution in [0.15, 0.2) is 24.3 Å². The minimum atomic E-state index is -0.204. The molecule has 1 aliphatic heterocycles. The quantitative estimate of drug-likeness (QED) is 0.735. The van der Waals surface area contributed by atoms with E-state index in [1.165, 1.54) is 24.0 Å². The summed E-state index contributed by atoms with van der Waals surface area (Å²) in [5.41, 5.74) is 0.635. The third kappa shape index (κ3) is 3.31. The molecule has 1 unspecified atom stereocenters. The van der Waals surface area contributed by atoms with Crippen molar-refractivity contribution in [2.75, 3.05) is 11.5 Å². The summed E-state index contributed by atoms with van der Waals surface area (Å²) in [5, 5.41) is -0.204. The van der Waals surface area contributed by atoms with Gasteiger partial charge >= 0.3 is 0 Å². The average Bonchev–Trinajstić information content (AvgIpc) is 2.31. The highest BCUT2D eigenvalue weighted by molar-refractivity contribution is 8.17. The fourth-order valence-electron chi connectivity index (χ4n) is 1.70. The zero-order valence-corrected chi connectivity index (χ0v) is 11.3. The van der Waals surface area contributed by atoms with E-state index in [1.807, 2.05) is 29.6 Å². The second-order valence-electron chi connectivity index (χ2n) is 3.75. The Morgan fingerprint density at radius 1 is 1.31 bits per heavy atom. The van der Waals surface area contributed by atoms with Crippen LogP contribution < -0.4 is 0 Å². The lowest BCUT2D eigenvalue weighted by molar-refractivity contribution is 0.603. The summed E-state index contributed by atoms with van der Waals surface area (Å²) in [4.78, 5) is 0. The van der Waals surface area contributed by atoms with E-state index in [4.69, 9.17) is 11.6 Å². The van der Waals surface area contributed by atoms with Gasteiger partial charge in [-0.25, -0.2) is 4.39 Å². The van der Waals surface area contributed by atoms with Gasteiger partial charge in [0, 0.05) is 5.56 Å². The summed E-state index contributed by atoms with van der Waals surface area (Å²) in [6.07, 6.45) is 2.12. The number of hydrogen-bond acceptors (Lipinski definition) is 2. The molecule has 0 N–H and O–H groups in total. The zero-order valence-electron chi connectivity index (χ0n) is 8.86. The van der Waals surface area contributed by atoms with Crippen LogP contribution >= 0.6 is 35.1 Å². The molecule has 16 heavy (non-hydrogen) atoms. The summed E-state index contributed by atoms with van der Waals surface area (Å²) in [5.74, 6) is 2.23. The van der Waals surface area contributed by atoms with Crippen LogP contribution in [0.3, 0.4) is 0 Å². The first-order chi connectivity index (χ1) is 7.77. The minimum absolute atomic E-state index is 0.187. The Morgan fingerprint density at radius 3 is 2.69 bits per heavy atom. The van der Waals surface area contributed by atoms with Crippen LogP contribution in [0, 0.1) is 5.82 Å². The van der Waals surface area contributed by atoms with Gasteiger partial charge in [-0.05, 0) is 30.4 Å². The van der Waals surface area contributed by atoms with Crippen molar-refractivity contribution >= 4 is 35.1 Å². The van der Waals surface area contributed by atoms with Gasteiger partial charge in [-0.3, -0.25) is 0 Å². The molecular formula is C12H14ClFS2. The maximum Gasteiger partial charge on any atom is 0.127 e. The minimum Gasteiger partial charge on any atom is -0.207 e. The fraction of sp³-hybridized carbons (Fsp3) is 0.500. The molecule has 1 aromatic carbocycles. The summed E-state index contributed by atoms with van der Waals surface area (Å²) in [7, 11) is 0. The molecule has 1 fully saturated rings. The van der Waals surface area contributed by atoms with Crippen molar-refractivity contribution in [2.45, 2.75) is 22.8 Å². The lowest BCUT2D eigenvalue weighted by atomic mass is 10.1. The SMILES string of the molecule is Fc1ccccc1C(Cl)CC1SCCCS1. The van der Waals surface area contributed by atoms with Crippen molar-refractivity contribution in [2.24, 2.45) is 0 Å². The van der Waals surface area contributed by atoms with Gasteiger partial charge in [-0.1, -0.05) is 18.2 Å². The van der Waals surface area contributed by atoms with Gasteiger partial charge < -0.3 is 0 Å². The van der Waals surface area contributed by atoms with Crippen LogP contribution in [-0.2, 0) is 0 Å². The van der Waals surface area contributed by atoms with Crippen LogP contribution in [0.25, 0.3) is 0 Å². The molecule has 0 nitrogen and oxygen atoms in total. The van der Waals surface area contributed by atoms with Gasteiger partial charge in [-0.2, -0.15) is 0 Å². The second-order valence-corrected chi connectivity index (χ2v) is 7.20. The largest absolute Gasteiger partial charge is 0.207 e. The molecule has 1 saturated heterocycles. The molecule has 1 atom stereocenters. The topological polar surface area (TPSA) is 0 Å². The number of benzene rings is 1. The summed E-state index contributed by atoms with van der Waals surface area (Å²) >= 11 is 10.2. The lowest BCUT2D eigenvalue weighted by Crippen LogP contribution is -2.09. The molecule has 0 saturated carbocycles. The standard InChI is InChI=1S/C12H14ClFS2/c13-10(8-12-15-6-3-7-16-12)9-4-1-2-5-11(9)14/h1-2,4-5,10,12H,3,6-8H2. The summed E-state index contributed by atoms with van der Waals surface area (Å²) in [6, 6.07) is 6.80. The predicted molar refractivity (Wildman–Crippen MR) is 72.9 cm³/mol. The zero-order chi connectivity index (χ0) is 11.4. The van der Waals surface area contributed by atoms with Crippen LogP contribution in [0.4, 0.5) is 4.39 Å². The third-order valence-corrected chi connectivity index (χ3v) is 5.95. The Balaban J connectivity index is 1.96. The molecule has 0 aromatic heterocycles. The molecule has 0 aliphatic carbocycles. The molecule has 4 heteroatoms. The molecule has 1 aliphatic rings. The maximum atomic E-state index is 13.5. The highest BCUT2D eigenvalue weighted by atomic mass is 35.5. The molecule has 0 bridgehead atoms. The summed E-state index contributed by atoms with van der Waals surface area (Å²) < 4.78 is 14.0. The average molecular weight is 277 g/mol. The van der Waals surface area contributed by atoms with Crippen molar-refractivity contribution in [1.29, 1.82) is 0 Å². The molecule has 2 rings (SSSR count). The molecular weight excluding hydrogens is 263 g/mol. The number of alkyl halides is 1. The van der Waals surface area contributed by atoms with Crippen LogP contribution in [0.5, 0.6) is 0 Å². The van der Waals surface area contributed by atoms with Crippen molar-refractivity contribution < 1.29 is 4.39 Å². The number of thioether (sulfide) groups is 2. The molecule has 0 spiro atoms. The van der Waals surface area contributed by atoms with Gasteiger partial charge in [0.2, 0.25) is 0 Å². The van der Waals surface area contributed by atoms with E-state index in [2.05, 4.69) is 0 Å². The monoisotopic (exact) mass is 276 g/mol. The van der Waals surface area contributed by atoms with Gasteiger partial charge in [0.05, 0.1) is 9.96 Å². The predicted octanol–water partition coefficient (Wildman–Crippen LogP) is 4.69. The lowest BCUT2D eigenvalue weighted by Gasteiger charge is -2.23. The maximum absolute atomic E-state index is 13.5. The van der Waals surface area contributed by atoms with Crippen molar-refractivity contribution in [1.82, 2.24) is 0 Å². The first-order valence-corrected chi connectivity index (χ1v) is 7.92. The highest BCUT2D eigenvalue weighted by Crippen LogP contribution is 2.39. The Morgan fingerprint density at radius 2 is 2.00 bits per heavy atom. The molecule has 0 amide bonds. The van der Waals surface area contributed by atoms with E-state index in [-0.39, 0.29) is 11.2 Å². The van der Waals surface area contributed by atoms with E-state index in [1.54, 1.807) is 12.1 Å². The van der Waals surface area contributed by atoms with Gasteiger partial charge in [0.15, 0.2) is 0 Å². The van der Waals surface area contributed by atoms with Crippen molar-refractivity contribution in [3.63, 3.8) is 0 Å². The number of halogens is 2. The highest BCUT2D eigenvalue weighted by Gasteiger charge is 2.21. The number of rotatable bonds is 3. The Bertz CT molecular complexity index is 340. The Labute approximate surface area is 109 Å². The smallest absolute Gasteiger partial charge is 0.127 e. The molecule has 1 aromatic rings. The molecule has 88 valence electrons. The van der Waals surface area contributed by atoms with E-state index in [0.29, 0.717) is 10.1 Å². The van der Waals surface area contributed by atoms with E-state index in [0.717, 1.165) is 6.42 Å².